The van der Waals surface area contributed by atoms with Crippen LogP contribution in [0.25, 0.3) is 0 Å². The van der Waals surface area contributed by atoms with Gasteiger partial charge in [0.1, 0.15) is 6.54 Å². The molecule has 0 radical (unpaired) electrons. The van der Waals surface area contributed by atoms with Gasteiger partial charge in [-0.3, -0.25) is 14.5 Å². The van der Waals surface area contributed by atoms with E-state index in [1.54, 1.807) is 28.0 Å². The summed E-state index contributed by atoms with van der Waals surface area (Å²) in [5.41, 5.74) is 4.65. The summed E-state index contributed by atoms with van der Waals surface area (Å²) in [6.07, 6.45) is 2.88. The number of urea groups is 1. The van der Waals surface area contributed by atoms with E-state index in [4.69, 9.17) is 9.47 Å². The molecule has 3 aliphatic rings. The average molecular weight is 494 g/mol. The number of hydrogen-bond donors (Lipinski definition) is 2. The summed E-state index contributed by atoms with van der Waals surface area (Å²) >= 11 is 0. The standard InChI is InChI=1S/C26H31N5O5/c1-35-21-13-12-18(14-22(21)36-2)27-23(32)16-30-26(34)31-20-11-7-6-10-19(20)24(33)29(25(31)28-30)15-17-8-4-3-5-9-17/h3-5,8-9,12-14,19-20,25,28H,6-7,10-11,15-16H2,1-2H3,(H,27,32). The number of ether oxygens (including phenoxy) is 2. The molecule has 0 aromatic heterocycles. The van der Waals surface area contributed by atoms with Crippen LogP contribution in [0.4, 0.5) is 10.5 Å². The zero-order chi connectivity index (χ0) is 25.2. The van der Waals surface area contributed by atoms with Gasteiger partial charge in [0.2, 0.25) is 11.8 Å². The van der Waals surface area contributed by atoms with Crippen LogP contribution in [-0.4, -0.2) is 65.8 Å². The van der Waals surface area contributed by atoms with Crippen LogP contribution in [0.15, 0.2) is 48.5 Å². The predicted octanol–water partition coefficient (Wildman–Crippen LogP) is 2.77. The number of amides is 4. The summed E-state index contributed by atoms with van der Waals surface area (Å²) in [5.74, 6) is 0.506. The first-order chi connectivity index (χ1) is 17.5. The molecule has 3 fully saturated rings. The summed E-state index contributed by atoms with van der Waals surface area (Å²) in [7, 11) is 3.06. The fourth-order valence-corrected chi connectivity index (χ4v) is 5.43. The number of hydrazine groups is 1. The summed E-state index contributed by atoms with van der Waals surface area (Å²) in [4.78, 5) is 43.4. The second-order valence-electron chi connectivity index (χ2n) is 9.31. The highest BCUT2D eigenvalue weighted by atomic mass is 16.5. The number of nitrogens with one attached hydrogen (secondary N) is 2. The minimum absolute atomic E-state index is 0.0572. The third kappa shape index (κ3) is 4.44. The molecule has 2 N–H and O–H groups in total. The van der Waals surface area contributed by atoms with Gasteiger partial charge in [0.25, 0.3) is 0 Å². The smallest absolute Gasteiger partial charge is 0.337 e. The van der Waals surface area contributed by atoms with Gasteiger partial charge >= 0.3 is 6.03 Å². The lowest BCUT2D eigenvalue weighted by Crippen LogP contribution is -2.65. The highest BCUT2D eigenvalue weighted by Gasteiger charge is 2.54. The quantitative estimate of drug-likeness (QED) is 0.615. The molecule has 3 atom stereocenters. The van der Waals surface area contributed by atoms with Gasteiger partial charge < -0.3 is 19.7 Å². The Kier molecular flexibility index (Phi) is 6.69. The van der Waals surface area contributed by atoms with Crippen molar-refractivity contribution < 1.29 is 23.9 Å². The lowest BCUT2D eigenvalue weighted by molar-refractivity contribution is -0.157. The van der Waals surface area contributed by atoms with E-state index in [-0.39, 0.29) is 36.3 Å². The molecule has 3 unspecified atom stereocenters. The van der Waals surface area contributed by atoms with Gasteiger partial charge in [-0.05, 0) is 30.5 Å². The third-order valence-corrected chi connectivity index (χ3v) is 7.13. The Morgan fingerprint density at radius 1 is 1.03 bits per heavy atom. The second-order valence-corrected chi connectivity index (χ2v) is 9.31. The van der Waals surface area contributed by atoms with Gasteiger partial charge in [0.05, 0.1) is 20.1 Å². The SMILES string of the molecule is COc1ccc(NC(=O)CN2NC3N(Cc4ccccc4)C(=O)C4CCCCC4N3C2=O)cc1OC. The Balaban J connectivity index is 1.34. The van der Waals surface area contributed by atoms with Crippen molar-refractivity contribution >= 4 is 23.5 Å². The van der Waals surface area contributed by atoms with Gasteiger partial charge in [-0.25, -0.2) is 9.80 Å². The van der Waals surface area contributed by atoms with Crippen molar-refractivity contribution in [2.45, 2.75) is 44.6 Å². The minimum atomic E-state index is -0.626. The highest BCUT2D eigenvalue weighted by Crippen LogP contribution is 2.38. The predicted molar refractivity (Wildman–Crippen MR) is 132 cm³/mol. The first-order valence-electron chi connectivity index (χ1n) is 12.2. The van der Waals surface area contributed by atoms with Crippen molar-refractivity contribution in [1.82, 2.24) is 20.2 Å². The van der Waals surface area contributed by atoms with Crippen LogP contribution in [0.2, 0.25) is 0 Å². The monoisotopic (exact) mass is 493 g/mol. The number of anilines is 1. The van der Waals surface area contributed by atoms with Crippen molar-refractivity contribution in [3.05, 3.63) is 54.1 Å². The number of fused-ring (bicyclic) bond motifs is 3. The van der Waals surface area contributed by atoms with Crippen molar-refractivity contribution in [2.75, 3.05) is 26.1 Å². The van der Waals surface area contributed by atoms with Crippen LogP contribution < -0.4 is 20.2 Å². The molecular weight excluding hydrogens is 462 g/mol. The number of methoxy groups -OCH3 is 2. The van der Waals surface area contributed by atoms with E-state index in [2.05, 4.69) is 10.7 Å². The normalized spacial score (nSPS) is 23.3. The molecule has 0 spiro atoms. The maximum Gasteiger partial charge on any atom is 0.337 e. The molecule has 2 heterocycles. The zero-order valence-electron chi connectivity index (χ0n) is 20.5. The molecule has 2 aromatic rings. The Morgan fingerprint density at radius 3 is 2.53 bits per heavy atom. The molecule has 2 saturated heterocycles. The van der Waals surface area contributed by atoms with E-state index in [9.17, 15) is 14.4 Å². The van der Waals surface area contributed by atoms with E-state index in [1.807, 2.05) is 30.3 Å². The molecule has 1 saturated carbocycles. The van der Waals surface area contributed by atoms with Crippen LogP contribution in [-0.2, 0) is 16.1 Å². The zero-order valence-corrected chi connectivity index (χ0v) is 20.5. The van der Waals surface area contributed by atoms with E-state index in [0.29, 0.717) is 23.7 Å². The summed E-state index contributed by atoms with van der Waals surface area (Å²) < 4.78 is 10.5. The Labute approximate surface area is 210 Å². The molecule has 10 heteroatoms. The first-order valence-corrected chi connectivity index (χ1v) is 12.2. The number of nitrogens with zero attached hydrogens (tertiary/aromatic N) is 3. The fourth-order valence-electron chi connectivity index (χ4n) is 5.43. The maximum absolute atomic E-state index is 13.5. The molecular formula is C26H31N5O5. The van der Waals surface area contributed by atoms with E-state index >= 15 is 0 Å². The van der Waals surface area contributed by atoms with Crippen molar-refractivity contribution in [1.29, 1.82) is 0 Å². The number of carbonyl (C=O) groups is 3. The Hall–Kier alpha value is -3.79. The van der Waals surface area contributed by atoms with Gasteiger partial charge in [-0.2, -0.15) is 5.43 Å². The number of carbonyl (C=O) groups excluding carboxylic acids is 3. The van der Waals surface area contributed by atoms with Crippen LogP contribution in [0.3, 0.4) is 0 Å². The van der Waals surface area contributed by atoms with Crippen LogP contribution in [0.1, 0.15) is 31.2 Å². The molecule has 36 heavy (non-hydrogen) atoms. The second kappa shape index (κ2) is 10.1. The average Bonchev–Trinajstić information content (AvgIpc) is 3.22. The van der Waals surface area contributed by atoms with Crippen LogP contribution >= 0.6 is 0 Å². The number of hydrogen-bond acceptors (Lipinski definition) is 6. The first kappa shape index (κ1) is 23.9. The molecule has 190 valence electrons. The number of rotatable bonds is 7. The fraction of sp³-hybridized carbons (Fsp3) is 0.423. The largest absolute Gasteiger partial charge is 0.493 e. The molecule has 10 nitrogen and oxygen atoms in total. The van der Waals surface area contributed by atoms with Gasteiger partial charge in [-0.15, -0.1) is 0 Å². The molecule has 0 bridgehead atoms. The minimum Gasteiger partial charge on any atom is -0.493 e. The van der Waals surface area contributed by atoms with E-state index < -0.39 is 6.29 Å². The Morgan fingerprint density at radius 2 is 1.78 bits per heavy atom. The highest BCUT2D eigenvalue weighted by molar-refractivity contribution is 5.95. The molecule has 5 rings (SSSR count). The maximum atomic E-state index is 13.5. The van der Waals surface area contributed by atoms with Crippen LogP contribution in [0.5, 0.6) is 11.5 Å². The van der Waals surface area contributed by atoms with E-state index in [1.165, 1.54) is 19.2 Å². The van der Waals surface area contributed by atoms with Crippen molar-refractivity contribution in [2.24, 2.45) is 5.92 Å². The van der Waals surface area contributed by atoms with Gasteiger partial charge in [0.15, 0.2) is 17.8 Å². The van der Waals surface area contributed by atoms with Gasteiger partial charge in [0, 0.05) is 24.3 Å². The summed E-state index contributed by atoms with van der Waals surface area (Å²) in [6, 6.07) is 14.3. The molecule has 2 aromatic carbocycles. The molecule has 2 aliphatic heterocycles. The van der Waals surface area contributed by atoms with Gasteiger partial charge in [-0.1, -0.05) is 43.2 Å². The Bertz CT molecular complexity index is 1140. The summed E-state index contributed by atoms with van der Waals surface area (Å²) in [6.45, 7) is 0.181. The van der Waals surface area contributed by atoms with Crippen molar-refractivity contribution in [3.8, 4) is 11.5 Å². The van der Waals surface area contributed by atoms with Crippen molar-refractivity contribution in [3.63, 3.8) is 0 Å². The molecule has 4 amide bonds. The lowest BCUT2D eigenvalue weighted by atomic mass is 9.81. The third-order valence-electron chi connectivity index (χ3n) is 7.13. The van der Waals surface area contributed by atoms with E-state index in [0.717, 1.165) is 31.2 Å². The topological polar surface area (TPSA) is 103 Å². The lowest BCUT2D eigenvalue weighted by Gasteiger charge is -2.48. The van der Waals surface area contributed by atoms with Crippen LogP contribution in [0, 0.1) is 5.92 Å². The molecule has 1 aliphatic carbocycles. The number of benzene rings is 2. The summed E-state index contributed by atoms with van der Waals surface area (Å²) in [5, 5.41) is 4.11.